The Hall–Kier alpha value is -2.15. The van der Waals surface area contributed by atoms with E-state index < -0.39 is 11.8 Å². The van der Waals surface area contributed by atoms with Crippen molar-refractivity contribution in [2.75, 3.05) is 38.0 Å². The van der Waals surface area contributed by atoms with Gasteiger partial charge in [0.05, 0.1) is 5.69 Å². The van der Waals surface area contributed by atoms with Gasteiger partial charge in [-0.05, 0) is 37.0 Å². The summed E-state index contributed by atoms with van der Waals surface area (Å²) in [6.45, 7) is 3.34. The number of benzene rings is 1. The van der Waals surface area contributed by atoms with E-state index in [0.29, 0.717) is 31.1 Å². The minimum atomic E-state index is -0.604. The fourth-order valence-electron chi connectivity index (χ4n) is 2.53. The second-order valence-corrected chi connectivity index (χ2v) is 6.02. The van der Waals surface area contributed by atoms with Gasteiger partial charge in [-0.1, -0.05) is 0 Å². The Balaban J connectivity index is 1.60. The summed E-state index contributed by atoms with van der Waals surface area (Å²) in [5.74, 6) is -0.229. The molecule has 1 saturated carbocycles. The summed E-state index contributed by atoms with van der Waals surface area (Å²) in [6.07, 6.45) is 2.27. The minimum Gasteiger partial charge on any atom is -0.338 e. The van der Waals surface area contributed by atoms with Gasteiger partial charge in [0.25, 0.3) is 5.91 Å². The molecular formula is C16H21FN4O2. The van der Waals surface area contributed by atoms with E-state index in [-0.39, 0.29) is 11.6 Å². The Labute approximate surface area is 134 Å². The van der Waals surface area contributed by atoms with Crippen LogP contribution in [0.1, 0.15) is 23.2 Å². The first-order valence-corrected chi connectivity index (χ1v) is 7.98. The molecule has 3 N–H and O–H groups in total. The van der Waals surface area contributed by atoms with Crippen molar-refractivity contribution in [1.29, 1.82) is 0 Å². The number of rotatable bonds is 4. The Bertz CT molecular complexity index is 598. The summed E-state index contributed by atoms with van der Waals surface area (Å²) < 4.78 is 14.1. The van der Waals surface area contributed by atoms with Gasteiger partial charge >= 0.3 is 6.03 Å². The summed E-state index contributed by atoms with van der Waals surface area (Å²) in [5, 5.41) is 8.35. The lowest BCUT2D eigenvalue weighted by molar-refractivity contribution is 0.0735. The van der Waals surface area contributed by atoms with Crippen molar-refractivity contribution >= 4 is 17.6 Å². The zero-order chi connectivity index (χ0) is 16.2. The molecule has 2 fully saturated rings. The highest BCUT2D eigenvalue weighted by molar-refractivity contribution is 5.95. The number of amides is 3. The highest BCUT2D eigenvalue weighted by Crippen LogP contribution is 2.27. The molecule has 1 aliphatic carbocycles. The Morgan fingerprint density at radius 3 is 2.65 bits per heavy atom. The predicted molar refractivity (Wildman–Crippen MR) is 84.9 cm³/mol. The highest BCUT2D eigenvalue weighted by atomic mass is 19.1. The van der Waals surface area contributed by atoms with Crippen LogP contribution in [0.2, 0.25) is 0 Å². The van der Waals surface area contributed by atoms with Gasteiger partial charge in [0.15, 0.2) is 0 Å². The number of piperazine rings is 1. The summed E-state index contributed by atoms with van der Waals surface area (Å²) in [6, 6.07) is 3.74. The molecule has 23 heavy (non-hydrogen) atoms. The fourth-order valence-corrected chi connectivity index (χ4v) is 2.53. The molecule has 1 saturated heterocycles. The standard InChI is InChI=1S/C16H21FN4O2/c17-13-9-12(15(22)21-7-5-18-6-8-21)3-4-14(13)20-16(23)19-10-11-1-2-11/h3-4,9,11,18H,1-2,5-8,10H2,(H2,19,20,23). The molecule has 7 heteroatoms. The first kappa shape index (κ1) is 15.7. The van der Waals surface area contributed by atoms with E-state index in [2.05, 4.69) is 16.0 Å². The molecule has 2 aliphatic rings. The molecule has 0 spiro atoms. The Morgan fingerprint density at radius 2 is 2.00 bits per heavy atom. The number of urea groups is 1. The largest absolute Gasteiger partial charge is 0.338 e. The lowest BCUT2D eigenvalue weighted by Crippen LogP contribution is -2.46. The van der Waals surface area contributed by atoms with Gasteiger partial charge in [0.1, 0.15) is 5.82 Å². The molecule has 3 rings (SSSR count). The van der Waals surface area contributed by atoms with Gasteiger partial charge in [0.2, 0.25) is 0 Å². The first-order valence-electron chi connectivity index (χ1n) is 7.98. The minimum absolute atomic E-state index is 0.0788. The van der Waals surface area contributed by atoms with Crippen molar-refractivity contribution < 1.29 is 14.0 Å². The van der Waals surface area contributed by atoms with Crippen molar-refractivity contribution in [3.05, 3.63) is 29.6 Å². The average Bonchev–Trinajstić information content (AvgIpc) is 3.39. The second kappa shape index (κ2) is 6.95. The maximum atomic E-state index is 14.1. The predicted octanol–water partition coefficient (Wildman–Crippen LogP) is 1.40. The number of halogens is 1. The van der Waals surface area contributed by atoms with E-state index in [0.717, 1.165) is 25.9 Å². The monoisotopic (exact) mass is 320 g/mol. The highest BCUT2D eigenvalue weighted by Gasteiger charge is 2.22. The van der Waals surface area contributed by atoms with E-state index in [9.17, 15) is 14.0 Å². The van der Waals surface area contributed by atoms with E-state index in [1.165, 1.54) is 12.1 Å². The molecule has 0 aromatic heterocycles. The molecule has 1 heterocycles. The zero-order valence-corrected chi connectivity index (χ0v) is 12.9. The van der Waals surface area contributed by atoms with Crippen LogP contribution in [0, 0.1) is 11.7 Å². The second-order valence-electron chi connectivity index (χ2n) is 6.02. The number of nitrogens with zero attached hydrogens (tertiary/aromatic N) is 1. The number of anilines is 1. The van der Waals surface area contributed by atoms with Crippen molar-refractivity contribution in [3.8, 4) is 0 Å². The lowest BCUT2D eigenvalue weighted by atomic mass is 10.1. The number of hydrogen-bond acceptors (Lipinski definition) is 3. The molecular weight excluding hydrogens is 299 g/mol. The van der Waals surface area contributed by atoms with Crippen LogP contribution in [0.5, 0.6) is 0 Å². The average molecular weight is 320 g/mol. The number of nitrogens with one attached hydrogen (secondary N) is 3. The summed E-state index contributed by atoms with van der Waals surface area (Å²) >= 11 is 0. The molecule has 1 aliphatic heterocycles. The van der Waals surface area contributed by atoms with Gasteiger partial charge < -0.3 is 20.9 Å². The fraction of sp³-hybridized carbons (Fsp3) is 0.500. The number of carbonyl (C=O) groups excluding carboxylic acids is 2. The van der Waals surface area contributed by atoms with Crippen LogP contribution in [0.4, 0.5) is 14.9 Å². The van der Waals surface area contributed by atoms with Crippen LogP contribution in [0.15, 0.2) is 18.2 Å². The molecule has 0 bridgehead atoms. The molecule has 124 valence electrons. The summed E-state index contributed by atoms with van der Waals surface area (Å²) in [5.41, 5.74) is 0.378. The van der Waals surface area contributed by atoms with Gasteiger partial charge in [-0.2, -0.15) is 0 Å². The van der Waals surface area contributed by atoms with Crippen molar-refractivity contribution in [2.45, 2.75) is 12.8 Å². The lowest BCUT2D eigenvalue weighted by Gasteiger charge is -2.27. The van der Waals surface area contributed by atoms with Crippen LogP contribution in [-0.2, 0) is 0 Å². The summed E-state index contributed by atoms with van der Waals surface area (Å²) in [7, 11) is 0. The normalized spacial score (nSPS) is 17.7. The van der Waals surface area contributed by atoms with Crippen molar-refractivity contribution in [2.24, 2.45) is 5.92 Å². The molecule has 1 aromatic rings. The number of hydrogen-bond donors (Lipinski definition) is 3. The van der Waals surface area contributed by atoms with E-state index in [1.807, 2.05) is 0 Å². The third-order valence-electron chi connectivity index (χ3n) is 4.12. The molecule has 0 radical (unpaired) electrons. The Morgan fingerprint density at radius 1 is 1.26 bits per heavy atom. The topological polar surface area (TPSA) is 73.5 Å². The van der Waals surface area contributed by atoms with E-state index >= 15 is 0 Å². The quantitative estimate of drug-likeness (QED) is 0.785. The maximum Gasteiger partial charge on any atom is 0.319 e. The van der Waals surface area contributed by atoms with Gasteiger partial charge in [-0.3, -0.25) is 4.79 Å². The molecule has 0 unspecified atom stereocenters. The van der Waals surface area contributed by atoms with Crippen LogP contribution >= 0.6 is 0 Å². The third kappa shape index (κ3) is 4.19. The molecule has 1 aromatic carbocycles. The van der Waals surface area contributed by atoms with E-state index in [4.69, 9.17) is 0 Å². The smallest absolute Gasteiger partial charge is 0.319 e. The van der Waals surface area contributed by atoms with Gasteiger partial charge in [-0.15, -0.1) is 0 Å². The van der Waals surface area contributed by atoms with Crippen molar-refractivity contribution in [3.63, 3.8) is 0 Å². The third-order valence-corrected chi connectivity index (χ3v) is 4.12. The van der Waals surface area contributed by atoms with Crippen LogP contribution in [0.25, 0.3) is 0 Å². The molecule has 0 atom stereocenters. The first-order chi connectivity index (χ1) is 11.1. The summed E-state index contributed by atoms with van der Waals surface area (Å²) in [4.78, 5) is 25.7. The molecule has 6 nitrogen and oxygen atoms in total. The van der Waals surface area contributed by atoms with Crippen LogP contribution < -0.4 is 16.0 Å². The zero-order valence-electron chi connectivity index (χ0n) is 12.9. The Kier molecular flexibility index (Phi) is 4.76. The molecule has 3 amide bonds. The van der Waals surface area contributed by atoms with Crippen LogP contribution in [-0.4, -0.2) is 49.6 Å². The van der Waals surface area contributed by atoms with Crippen molar-refractivity contribution in [1.82, 2.24) is 15.5 Å². The SMILES string of the molecule is O=C(NCC1CC1)Nc1ccc(C(=O)N2CCNCC2)cc1F. The van der Waals surface area contributed by atoms with Gasteiger partial charge in [0, 0.05) is 38.3 Å². The van der Waals surface area contributed by atoms with Gasteiger partial charge in [-0.25, -0.2) is 9.18 Å². The number of carbonyl (C=O) groups is 2. The van der Waals surface area contributed by atoms with E-state index in [1.54, 1.807) is 11.0 Å². The maximum absolute atomic E-state index is 14.1. The van der Waals surface area contributed by atoms with Crippen LogP contribution in [0.3, 0.4) is 0 Å².